The number of hydrogen-bond donors (Lipinski definition) is 1. The van der Waals surface area contributed by atoms with Gasteiger partial charge in [-0.05, 0) is 28.3 Å². The number of rotatable bonds is 7. The molecule has 1 heterocycles. The van der Waals surface area contributed by atoms with Crippen LogP contribution in [-0.2, 0) is 27.4 Å². The third-order valence-corrected chi connectivity index (χ3v) is 5.39. The van der Waals surface area contributed by atoms with Crippen molar-refractivity contribution >= 4 is 33.3 Å². The number of ether oxygens (including phenoxy) is 1. The Morgan fingerprint density at radius 3 is 2.48 bits per heavy atom. The SMILES string of the molecule is CC(C)[C@H](NC(=O)Cc1ccccc1)C(=O)OCc1csc2ccccc12. The van der Waals surface area contributed by atoms with Gasteiger partial charge >= 0.3 is 5.97 Å². The van der Waals surface area contributed by atoms with Gasteiger partial charge in [0.15, 0.2) is 0 Å². The highest BCUT2D eigenvalue weighted by molar-refractivity contribution is 7.17. The second-order valence-electron chi connectivity index (χ2n) is 6.82. The fraction of sp³-hybridized carbons (Fsp3) is 0.273. The average Bonchev–Trinajstić information content (AvgIpc) is 3.08. The van der Waals surface area contributed by atoms with Crippen molar-refractivity contribution in [3.63, 3.8) is 0 Å². The van der Waals surface area contributed by atoms with Gasteiger partial charge in [-0.3, -0.25) is 4.79 Å². The van der Waals surface area contributed by atoms with E-state index in [4.69, 9.17) is 4.74 Å². The summed E-state index contributed by atoms with van der Waals surface area (Å²) in [4.78, 5) is 24.9. The van der Waals surface area contributed by atoms with Crippen molar-refractivity contribution in [2.45, 2.75) is 32.9 Å². The van der Waals surface area contributed by atoms with Gasteiger partial charge in [0.25, 0.3) is 0 Å². The highest BCUT2D eigenvalue weighted by Crippen LogP contribution is 2.26. The normalized spacial score (nSPS) is 12.1. The Morgan fingerprint density at radius 2 is 1.74 bits per heavy atom. The van der Waals surface area contributed by atoms with Crippen LogP contribution >= 0.6 is 11.3 Å². The molecule has 0 fully saturated rings. The van der Waals surface area contributed by atoms with Gasteiger partial charge in [-0.15, -0.1) is 11.3 Å². The van der Waals surface area contributed by atoms with E-state index in [0.29, 0.717) is 0 Å². The number of benzene rings is 2. The first kappa shape index (κ1) is 19.1. The zero-order valence-electron chi connectivity index (χ0n) is 15.5. The molecular weight excluding hydrogens is 358 g/mol. The number of hydrogen-bond acceptors (Lipinski definition) is 4. The Kier molecular flexibility index (Phi) is 6.24. The number of fused-ring (bicyclic) bond motifs is 1. The van der Waals surface area contributed by atoms with Gasteiger partial charge in [-0.2, -0.15) is 0 Å². The number of carbonyl (C=O) groups is 2. The lowest BCUT2D eigenvalue weighted by Gasteiger charge is -2.21. The van der Waals surface area contributed by atoms with E-state index in [-0.39, 0.29) is 24.9 Å². The topological polar surface area (TPSA) is 55.4 Å². The molecule has 1 aromatic heterocycles. The lowest BCUT2D eigenvalue weighted by atomic mass is 10.0. The number of carbonyl (C=O) groups excluding carboxylic acids is 2. The van der Waals surface area contributed by atoms with E-state index >= 15 is 0 Å². The summed E-state index contributed by atoms with van der Waals surface area (Å²) in [6.45, 7) is 4.00. The van der Waals surface area contributed by atoms with E-state index in [9.17, 15) is 9.59 Å². The molecule has 1 N–H and O–H groups in total. The summed E-state index contributed by atoms with van der Waals surface area (Å²) in [7, 11) is 0. The summed E-state index contributed by atoms with van der Waals surface area (Å²) in [5.74, 6) is -0.643. The van der Waals surface area contributed by atoms with Gasteiger partial charge in [-0.25, -0.2) is 4.79 Å². The predicted molar refractivity (Wildman–Crippen MR) is 109 cm³/mol. The molecule has 1 amide bonds. The number of esters is 1. The van der Waals surface area contributed by atoms with Crippen LogP contribution in [0.1, 0.15) is 25.0 Å². The molecule has 0 aliphatic carbocycles. The molecule has 2 aromatic carbocycles. The van der Waals surface area contributed by atoms with E-state index in [1.54, 1.807) is 11.3 Å². The maximum atomic E-state index is 12.6. The minimum absolute atomic E-state index is 0.0588. The molecule has 4 nitrogen and oxygen atoms in total. The van der Waals surface area contributed by atoms with E-state index in [0.717, 1.165) is 16.5 Å². The number of amides is 1. The maximum absolute atomic E-state index is 12.6. The Morgan fingerprint density at radius 1 is 1.04 bits per heavy atom. The molecule has 27 heavy (non-hydrogen) atoms. The molecule has 0 aliphatic heterocycles. The van der Waals surface area contributed by atoms with Gasteiger partial charge in [0.1, 0.15) is 12.6 Å². The first-order valence-electron chi connectivity index (χ1n) is 8.99. The zero-order chi connectivity index (χ0) is 19.2. The van der Waals surface area contributed by atoms with E-state index in [1.807, 2.05) is 73.8 Å². The summed E-state index contributed by atoms with van der Waals surface area (Å²) in [5, 5.41) is 5.93. The molecule has 1 atom stereocenters. The molecule has 0 radical (unpaired) electrons. The standard InChI is InChI=1S/C22H23NO3S/c1-15(2)21(23-20(24)12-16-8-4-3-5-9-16)22(25)26-13-17-14-27-19-11-7-6-10-18(17)19/h3-11,14-15,21H,12-13H2,1-2H3,(H,23,24)/t21-/m0/s1. The molecule has 5 heteroatoms. The second kappa shape index (κ2) is 8.82. The number of nitrogens with one attached hydrogen (secondary N) is 1. The van der Waals surface area contributed by atoms with Crippen molar-refractivity contribution in [2.75, 3.05) is 0 Å². The summed E-state index contributed by atoms with van der Waals surface area (Å²) in [6, 6.07) is 16.9. The molecule has 0 aliphatic rings. The van der Waals surface area contributed by atoms with Crippen LogP contribution in [0, 0.1) is 5.92 Å². The fourth-order valence-electron chi connectivity index (χ4n) is 2.89. The molecule has 0 bridgehead atoms. The van der Waals surface area contributed by atoms with Crippen LogP contribution in [0.3, 0.4) is 0 Å². The van der Waals surface area contributed by atoms with Gasteiger partial charge in [0.05, 0.1) is 6.42 Å². The molecular formula is C22H23NO3S. The Hall–Kier alpha value is -2.66. The van der Waals surface area contributed by atoms with E-state index in [1.165, 1.54) is 4.70 Å². The lowest BCUT2D eigenvalue weighted by Crippen LogP contribution is -2.45. The first-order valence-corrected chi connectivity index (χ1v) is 9.87. The van der Waals surface area contributed by atoms with Gasteiger partial charge < -0.3 is 10.1 Å². The minimum atomic E-state index is -0.661. The first-order chi connectivity index (χ1) is 13.0. The van der Waals surface area contributed by atoms with Crippen molar-refractivity contribution in [1.82, 2.24) is 5.32 Å². The highest BCUT2D eigenvalue weighted by Gasteiger charge is 2.26. The molecule has 0 unspecified atom stereocenters. The van der Waals surface area contributed by atoms with Gasteiger partial charge in [0, 0.05) is 10.3 Å². The van der Waals surface area contributed by atoms with Crippen molar-refractivity contribution in [1.29, 1.82) is 0 Å². The minimum Gasteiger partial charge on any atom is -0.459 e. The Bertz CT molecular complexity index is 917. The van der Waals surface area contributed by atoms with E-state index in [2.05, 4.69) is 5.32 Å². The van der Waals surface area contributed by atoms with Gasteiger partial charge in [-0.1, -0.05) is 62.4 Å². The monoisotopic (exact) mass is 381 g/mol. The Balaban J connectivity index is 1.60. The van der Waals surface area contributed by atoms with Crippen LogP contribution in [0.15, 0.2) is 60.0 Å². The molecule has 0 saturated carbocycles. The Labute approximate surface area is 163 Å². The molecule has 0 spiro atoms. The third kappa shape index (κ3) is 4.95. The van der Waals surface area contributed by atoms with Crippen LogP contribution < -0.4 is 5.32 Å². The van der Waals surface area contributed by atoms with Gasteiger partial charge in [0.2, 0.25) is 5.91 Å². The quantitative estimate of drug-likeness (QED) is 0.620. The van der Waals surface area contributed by atoms with Crippen molar-refractivity contribution < 1.29 is 14.3 Å². The summed E-state index contributed by atoms with van der Waals surface area (Å²) < 4.78 is 6.69. The third-order valence-electron chi connectivity index (χ3n) is 4.38. The maximum Gasteiger partial charge on any atom is 0.329 e. The van der Waals surface area contributed by atoms with E-state index < -0.39 is 12.0 Å². The molecule has 3 rings (SSSR count). The predicted octanol–water partition coefficient (Wildman–Crippen LogP) is 4.33. The largest absolute Gasteiger partial charge is 0.459 e. The summed E-state index contributed by atoms with van der Waals surface area (Å²) in [6.07, 6.45) is 0.243. The fourth-order valence-corrected chi connectivity index (χ4v) is 3.83. The number of thiophene rings is 1. The second-order valence-corrected chi connectivity index (χ2v) is 7.73. The average molecular weight is 381 g/mol. The zero-order valence-corrected chi connectivity index (χ0v) is 16.3. The van der Waals surface area contributed by atoms with Crippen LogP contribution in [-0.4, -0.2) is 17.9 Å². The van der Waals surface area contributed by atoms with Crippen molar-refractivity contribution in [3.8, 4) is 0 Å². The van der Waals surface area contributed by atoms with Crippen molar-refractivity contribution in [2.24, 2.45) is 5.92 Å². The van der Waals surface area contributed by atoms with Crippen LogP contribution in [0.4, 0.5) is 0 Å². The smallest absolute Gasteiger partial charge is 0.329 e. The van der Waals surface area contributed by atoms with Crippen molar-refractivity contribution in [3.05, 3.63) is 71.1 Å². The van der Waals surface area contributed by atoms with Crippen LogP contribution in [0.5, 0.6) is 0 Å². The lowest BCUT2D eigenvalue weighted by molar-refractivity contribution is -0.150. The summed E-state index contributed by atoms with van der Waals surface area (Å²) in [5.41, 5.74) is 1.90. The van der Waals surface area contributed by atoms with Crippen LogP contribution in [0.2, 0.25) is 0 Å². The molecule has 3 aromatic rings. The van der Waals surface area contributed by atoms with Crippen LogP contribution in [0.25, 0.3) is 10.1 Å². The highest BCUT2D eigenvalue weighted by atomic mass is 32.1. The molecule has 0 saturated heterocycles. The summed E-state index contributed by atoms with van der Waals surface area (Å²) >= 11 is 1.63. The molecule has 140 valence electrons.